The lowest BCUT2D eigenvalue weighted by Gasteiger charge is -2.34. The molecule has 0 aromatic heterocycles. The Kier molecular flexibility index (Phi) is 8.47. The summed E-state index contributed by atoms with van der Waals surface area (Å²) in [5, 5.41) is 14.8. The van der Waals surface area contributed by atoms with Crippen LogP contribution in [0.4, 0.5) is 4.39 Å². The van der Waals surface area contributed by atoms with Gasteiger partial charge in [-0.05, 0) is 35.9 Å². The first-order valence-electron chi connectivity index (χ1n) is 8.79. The first kappa shape index (κ1) is 23.9. The monoisotopic (exact) mass is 502 g/mol. The summed E-state index contributed by atoms with van der Waals surface area (Å²) < 4.78 is 40.7. The Balaban J connectivity index is 0.000000469. The summed E-state index contributed by atoms with van der Waals surface area (Å²) in [5.41, 5.74) is 1.19. The highest BCUT2D eigenvalue weighted by molar-refractivity contribution is 9.10. The molecule has 2 aromatic rings. The van der Waals surface area contributed by atoms with Crippen LogP contribution in [0.15, 0.2) is 57.9 Å². The first-order chi connectivity index (χ1) is 14.1. The van der Waals surface area contributed by atoms with E-state index in [0.717, 1.165) is 11.0 Å². The number of halogens is 2. The molecule has 1 aliphatic heterocycles. The minimum atomic E-state index is -3.55. The fourth-order valence-corrected chi connectivity index (χ4v) is 4.58. The quantitative estimate of drug-likeness (QED) is 0.615. The second-order valence-corrected chi connectivity index (χ2v) is 9.13. The van der Waals surface area contributed by atoms with E-state index in [9.17, 15) is 12.8 Å². The predicted octanol–water partition coefficient (Wildman–Crippen LogP) is 2.25. The molecule has 0 unspecified atom stereocenters. The number of carboxylic acids is 2. The van der Waals surface area contributed by atoms with Crippen LogP contribution in [0.1, 0.15) is 5.56 Å². The van der Waals surface area contributed by atoms with Crippen LogP contribution in [0.25, 0.3) is 0 Å². The van der Waals surface area contributed by atoms with Gasteiger partial charge in [0.2, 0.25) is 10.0 Å². The van der Waals surface area contributed by atoms with Gasteiger partial charge in [0.1, 0.15) is 5.82 Å². The van der Waals surface area contributed by atoms with E-state index >= 15 is 0 Å². The van der Waals surface area contributed by atoms with Crippen molar-refractivity contribution >= 4 is 37.9 Å². The Morgan fingerprint density at radius 2 is 1.47 bits per heavy atom. The normalized spacial score (nSPS) is 15.1. The van der Waals surface area contributed by atoms with Crippen molar-refractivity contribution in [2.45, 2.75) is 11.4 Å². The van der Waals surface area contributed by atoms with E-state index in [-0.39, 0.29) is 4.90 Å². The average molecular weight is 503 g/mol. The van der Waals surface area contributed by atoms with Crippen LogP contribution in [0, 0.1) is 5.82 Å². The maximum Gasteiger partial charge on any atom is 0.414 e. The van der Waals surface area contributed by atoms with Crippen molar-refractivity contribution in [3.05, 3.63) is 64.4 Å². The van der Waals surface area contributed by atoms with Crippen molar-refractivity contribution in [3.63, 3.8) is 0 Å². The Labute approximate surface area is 181 Å². The van der Waals surface area contributed by atoms with Crippen molar-refractivity contribution < 1.29 is 32.6 Å². The lowest BCUT2D eigenvalue weighted by molar-refractivity contribution is -0.159. The number of piperazine rings is 1. The van der Waals surface area contributed by atoms with Crippen molar-refractivity contribution in [3.8, 4) is 0 Å². The number of carbonyl (C=O) groups is 2. The van der Waals surface area contributed by atoms with E-state index < -0.39 is 27.8 Å². The van der Waals surface area contributed by atoms with Crippen molar-refractivity contribution in [1.82, 2.24) is 9.21 Å². The second-order valence-electron chi connectivity index (χ2n) is 6.34. The third-order valence-corrected chi connectivity index (χ3v) is 7.00. The molecule has 162 valence electrons. The van der Waals surface area contributed by atoms with Crippen LogP contribution in [-0.4, -0.2) is 66.0 Å². The minimum Gasteiger partial charge on any atom is -0.473 e. The summed E-state index contributed by atoms with van der Waals surface area (Å²) in [7, 11) is -3.55. The molecule has 1 saturated heterocycles. The zero-order chi connectivity index (χ0) is 22.3. The Morgan fingerprint density at radius 1 is 0.933 bits per heavy atom. The summed E-state index contributed by atoms with van der Waals surface area (Å²) in [4.78, 5) is 20.6. The van der Waals surface area contributed by atoms with Crippen molar-refractivity contribution in [2.24, 2.45) is 0 Å². The van der Waals surface area contributed by atoms with Gasteiger partial charge in [-0.25, -0.2) is 22.4 Å². The van der Waals surface area contributed by atoms with Gasteiger partial charge >= 0.3 is 11.9 Å². The molecular weight excluding hydrogens is 483 g/mol. The number of benzene rings is 2. The molecule has 0 atom stereocenters. The molecule has 0 radical (unpaired) electrons. The van der Waals surface area contributed by atoms with E-state index in [1.54, 1.807) is 0 Å². The van der Waals surface area contributed by atoms with Crippen LogP contribution in [0.3, 0.4) is 0 Å². The molecule has 0 bridgehead atoms. The van der Waals surface area contributed by atoms with Gasteiger partial charge in [0.15, 0.2) is 0 Å². The van der Waals surface area contributed by atoms with Crippen molar-refractivity contribution in [2.75, 3.05) is 26.2 Å². The zero-order valence-electron chi connectivity index (χ0n) is 15.7. The standard InChI is InChI=1S/C17H18BrFN2O2S.C2H2O4/c18-17-4-2-1-3-14(17)13-20-9-11-21(12-10-20)24(22,23)16-7-5-15(19)6-8-16;3-1(4)2(5)6/h1-8H,9-13H2;(H,3,4)(H,5,6). The Bertz CT molecular complexity index is 980. The topological polar surface area (TPSA) is 115 Å². The molecule has 2 N–H and O–H groups in total. The molecule has 11 heteroatoms. The van der Waals surface area contributed by atoms with Gasteiger partial charge in [0, 0.05) is 37.2 Å². The van der Waals surface area contributed by atoms with Crippen LogP contribution in [0.2, 0.25) is 0 Å². The lowest BCUT2D eigenvalue weighted by atomic mass is 10.2. The summed E-state index contributed by atoms with van der Waals surface area (Å²) in [6.45, 7) is 2.99. The third kappa shape index (κ3) is 6.59. The van der Waals surface area contributed by atoms with Gasteiger partial charge < -0.3 is 10.2 Å². The van der Waals surface area contributed by atoms with Crippen molar-refractivity contribution in [1.29, 1.82) is 0 Å². The maximum atomic E-state index is 13.0. The SMILES string of the molecule is O=C(O)C(=O)O.O=S(=O)(c1ccc(F)cc1)N1CCN(Cc2ccccc2Br)CC1. The number of hydrogen-bond acceptors (Lipinski definition) is 5. The smallest absolute Gasteiger partial charge is 0.414 e. The van der Waals surface area contributed by atoms with Gasteiger partial charge in [0.25, 0.3) is 0 Å². The molecule has 0 saturated carbocycles. The number of carboxylic acid groups (broad SMARTS) is 2. The summed E-state index contributed by atoms with van der Waals surface area (Å²) >= 11 is 3.54. The number of sulfonamides is 1. The predicted molar refractivity (Wildman–Crippen MR) is 110 cm³/mol. The number of aliphatic carboxylic acids is 2. The highest BCUT2D eigenvalue weighted by Crippen LogP contribution is 2.21. The number of rotatable bonds is 4. The highest BCUT2D eigenvalue weighted by Gasteiger charge is 2.28. The van der Waals surface area contributed by atoms with Crippen LogP contribution >= 0.6 is 15.9 Å². The van der Waals surface area contributed by atoms with E-state index in [4.69, 9.17) is 19.8 Å². The largest absolute Gasteiger partial charge is 0.473 e. The molecule has 1 aliphatic rings. The molecule has 1 heterocycles. The summed E-state index contributed by atoms with van der Waals surface area (Å²) in [5.74, 6) is -4.09. The molecule has 0 amide bonds. The molecule has 3 rings (SSSR count). The van der Waals surface area contributed by atoms with E-state index in [2.05, 4.69) is 26.9 Å². The fourth-order valence-electron chi connectivity index (χ4n) is 2.75. The second kappa shape index (κ2) is 10.6. The molecule has 8 nitrogen and oxygen atoms in total. The van der Waals surface area contributed by atoms with Crippen LogP contribution in [-0.2, 0) is 26.2 Å². The van der Waals surface area contributed by atoms with Gasteiger partial charge in [-0.15, -0.1) is 0 Å². The third-order valence-electron chi connectivity index (χ3n) is 4.32. The first-order valence-corrected chi connectivity index (χ1v) is 11.0. The molecular formula is C19H20BrFN2O6S. The van der Waals surface area contributed by atoms with E-state index in [1.807, 2.05) is 18.2 Å². The fraction of sp³-hybridized carbons (Fsp3) is 0.263. The maximum absolute atomic E-state index is 13.0. The van der Waals surface area contributed by atoms with Gasteiger partial charge in [-0.1, -0.05) is 34.1 Å². The van der Waals surface area contributed by atoms with Gasteiger partial charge in [-0.3, -0.25) is 4.90 Å². The molecule has 2 aromatic carbocycles. The van der Waals surface area contributed by atoms with Gasteiger partial charge in [-0.2, -0.15) is 4.31 Å². The van der Waals surface area contributed by atoms with E-state index in [1.165, 1.54) is 34.1 Å². The number of hydrogen-bond donors (Lipinski definition) is 2. The molecule has 30 heavy (non-hydrogen) atoms. The Hall–Kier alpha value is -2.34. The summed E-state index contributed by atoms with van der Waals surface area (Å²) in [6.07, 6.45) is 0. The molecule has 0 aliphatic carbocycles. The molecule has 0 spiro atoms. The zero-order valence-corrected chi connectivity index (χ0v) is 18.1. The van der Waals surface area contributed by atoms with Crippen LogP contribution < -0.4 is 0 Å². The van der Waals surface area contributed by atoms with Crippen LogP contribution in [0.5, 0.6) is 0 Å². The summed E-state index contributed by atoms with van der Waals surface area (Å²) in [6, 6.07) is 13.0. The lowest BCUT2D eigenvalue weighted by Crippen LogP contribution is -2.48. The minimum absolute atomic E-state index is 0.142. The molecule has 1 fully saturated rings. The van der Waals surface area contributed by atoms with Gasteiger partial charge in [0.05, 0.1) is 4.90 Å². The average Bonchev–Trinajstić information content (AvgIpc) is 2.71. The number of nitrogens with zero attached hydrogens (tertiary/aromatic N) is 2. The Morgan fingerprint density at radius 3 is 1.97 bits per heavy atom. The highest BCUT2D eigenvalue weighted by atomic mass is 79.9. The van der Waals surface area contributed by atoms with E-state index in [0.29, 0.717) is 26.2 Å².